The van der Waals surface area contributed by atoms with Gasteiger partial charge < -0.3 is 15.9 Å². The maximum absolute atomic E-state index is 9.79. The fraction of sp³-hybridized carbons (Fsp3) is 0.231. The van der Waals surface area contributed by atoms with Gasteiger partial charge in [0, 0.05) is 23.2 Å². The summed E-state index contributed by atoms with van der Waals surface area (Å²) in [5.74, 6) is -1.82. The molecule has 1 aliphatic carbocycles. The smallest absolute Gasteiger partial charge is 0.194 e. The lowest BCUT2D eigenvalue weighted by molar-refractivity contribution is -0.105. The van der Waals surface area contributed by atoms with E-state index < -0.39 is 5.79 Å². The third-order valence-corrected chi connectivity index (χ3v) is 2.48. The van der Waals surface area contributed by atoms with Crippen LogP contribution in [0.4, 0.5) is 5.69 Å². The zero-order valence-electron chi connectivity index (χ0n) is 8.22. The summed E-state index contributed by atoms with van der Waals surface area (Å²) in [7, 11) is 0. The zero-order valence-corrected chi connectivity index (χ0v) is 8.22. The fourth-order valence-electron chi connectivity index (χ4n) is 1.69. The molecule has 3 heteroatoms. The van der Waals surface area contributed by atoms with Crippen molar-refractivity contribution in [2.75, 3.05) is 5.73 Å². The van der Waals surface area contributed by atoms with Crippen LogP contribution in [0.2, 0.25) is 0 Å². The highest BCUT2D eigenvalue weighted by atomic mass is 16.5. The maximum Gasteiger partial charge on any atom is 0.194 e. The van der Waals surface area contributed by atoms with E-state index in [1.54, 1.807) is 30.4 Å². The summed E-state index contributed by atoms with van der Waals surface area (Å²) in [5.41, 5.74) is 7.45. The molecule has 0 amide bonds. The summed E-state index contributed by atoms with van der Waals surface area (Å²) in [6.07, 6.45) is 5.37. The number of nitrogen functional groups attached to an aromatic ring is 1. The van der Waals surface area contributed by atoms with E-state index in [0.29, 0.717) is 16.8 Å². The Morgan fingerprint density at radius 3 is 2.50 bits per heavy atom. The number of allylic oxidation sites excluding steroid dienone is 2. The van der Waals surface area contributed by atoms with Gasteiger partial charge in [-0.15, -0.1) is 0 Å². The topological polar surface area (TPSA) is 66.5 Å². The Morgan fingerprint density at radius 1 is 1.19 bits per heavy atom. The summed E-state index contributed by atoms with van der Waals surface area (Å²) in [5, 5.41) is 19.6. The average molecular weight is 219 g/mol. The molecule has 86 valence electrons. The maximum atomic E-state index is 9.79. The lowest BCUT2D eigenvalue weighted by Gasteiger charge is -2.26. The van der Waals surface area contributed by atoms with E-state index in [0.717, 1.165) is 0 Å². The van der Waals surface area contributed by atoms with Crippen molar-refractivity contribution in [2.45, 2.75) is 19.6 Å². The first kappa shape index (κ1) is 12.5. The van der Waals surface area contributed by atoms with Crippen LogP contribution in [0.25, 0.3) is 5.57 Å². The Labute approximate surface area is 95.5 Å². The van der Waals surface area contributed by atoms with Crippen LogP contribution in [0, 0.1) is 0 Å². The van der Waals surface area contributed by atoms with Gasteiger partial charge in [-0.05, 0) is 6.07 Å². The van der Waals surface area contributed by atoms with E-state index in [4.69, 9.17) is 5.73 Å². The molecule has 0 atom stereocenters. The van der Waals surface area contributed by atoms with E-state index >= 15 is 0 Å². The molecule has 2 rings (SSSR count). The van der Waals surface area contributed by atoms with Crippen molar-refractivity contribution in [3.05, 3.63) is 48.1 Å². The number of rotatable bonds is 1. The molecule has 0 spiro atoms. The van der Waals surface area contributed by atoms with Crippen LogP contribution in [0.5, 0.6) is 0 Å². The molecule has 0 fully saturated rings. The molecule has 0 radical (unpaired) electrons. The van der Waals surface area contributed by atoms with Crippen molar-refractivity contribution < 1.29 is 10.2 Å². The first-order valence-corrected chi connectivity index (χ1v) is 4.78. The van der Waals surface area contributed by atoms with Gasteiger partial charge in [-0.2, -0.15) is 0 Å². The van der Waals surface area contributed by atoms with Crippen LogP contribution in [0.3, 0.4) is 0 Å². The number of hydrogen-bond acceptors (Lipinski definition) is 3. The summed E-state index contributed by atoms with van der Waals surface area (Å²) >= 11 is 0. The van der Waals surface area contributed by atoms with Crippen LogP contribution in [0.15, 0.2) is 42.5 Å². The average Bonchev–Trinajstić information content (AvgIpc) is 2.19. The van der Waals surface area contributed by atoms with Crippen LogP contribution >= 0.6 is 0 Å². The number of para-hydroxylation sites is 1. The standard InChI is InChI=1S/C12H13NO2.CH4/c13-11-7-2-1-5-9(11)10-6-3-4-8-12(10,14)15;/h1-7,14-15H,8,13H2;1H4. The molecule has 16 heavy (non-hydrogen) atoms. The molecule has 0 aromatic heterocycles. The number of hydrogen-bond donors (Lipinski definition) is 3. The number of benzene rings is 1. The largest absolute Gasteiger partial charge is 0.398 e. The van der Waals surface area contributed by atoms with Crippen LogP contribution in [-0.2, 0) is 0 Å². The van der Waals surface area contributed by atoms with Gasteiger partial charge in [0.1, 0.15) is 0 Å². The second kappa shape index (κ2) is 4.51. The minimum Gasteiger partial charge on any atom is -0.398 e. The normalized spacial score (nSPS) is 17.5. The molecule has 0 aliphatic heterocycles. The highest BCUT2D eigenvalue weighted by molar-refractivity contribution is 5.80. The van der Waals surface area contributed by atoms with Crippen molar-refractivity contribution >= 4 is 11.3 Å². The van der Waals surface area contributed by atoms with Crippen molar-refractivity contribution in [3.8, 4) is 0 Å². The summed E-state index contributed by atoms with van der Waals surface area (Å²) in [4.78, 5) is 0. The lowest BCUT2D eigenvalue weighted by atomic mass is 9.90. The summed E-state index contributed by atoms with van der Waals surface area (Å²) < 4.78 is 0. The van der Waals surface area contributed by atoms with Crippen molar-refractivity contribution in [3.63, 3.8) is 0 Å². The highest BCUT2D eigenvalue weighted by Gasteiger charge is 2.30. The zero-order chi connectivity index (χ0) is 10.9. The van der Waals surface area contributed by atoms with Crippen molar-refractivity contribution in [2.24, 2.45) is 0 Å². The van der Waals surface area contributed by atoms with E-state index in [-0.39, 0.29) is 13.8 Å². The van der Waals surface area contributed by atoms with Gasteiger partial charge in [-0.1, -0.05) is 43.9 Å². The van der Waals surface area contributed by atoms with Gasteiger partial charge in [0.15, 0.2) is 5.79 Å². The minimum absolute atomic E-state index is 0. The molecule has 1 aromatic rings. The summed E-state index contributed by atoms with van der Waals surface area (Å²) in [6.45, 7) is 0. The Morgan fingerprint density at radius 2 is 1.88 bits per heavy atom. The van der Waals surface area contributed by atoms with Gasteiger partial charge >= 0.3 is 0 Å². The second-order valence-electron chi connectivity index (χ2n) is 3.62. The molecule has 0 bridgehead atoms. The monoisotopic (exact) mass is 219 g/mol. The quantitative estimate of drug-likeness (QED) is 0.499. The first-order chi connectivity index (χ1) is 7.11. The number of aliphatic hydroxyl groups is 2. The molecule has 3 nitrogen and oxygen atoms in total. The first-order valence-electron chi connectivity index (χ1n) is 4.78. The van der Waals surface area contributed by atoms with Crippen molar-refractivity contribution in [1.82, 2.24) is 0 Å². The molecular weight excluding hydrogens is 202 g/mol. The minimum atomic E-state index is -1.82. The van der Waals surface area contributed by atoms with Crippen molar-refractivity contribution in [1.29, 1.82) is 0 Å². The Kier molecular flexibility index (Phi) is 3.52. The van der Waals surface area contributed by atoms with Gasteiger partial charge in [0.2, 0.25) is 0 Å². The third kappa shape index (κ3) is 2.15. The predicted octanol–water partition coefficient (Wildman–Crippen LogP) is 1.93. The Balaban J connectivity index is 0.00000128. The number of nitrogens with two attached hydrogens (primary N) is 1. The second-order valence-corrected chi connectivity index (χ2v) is 3.62. The molecule has 0 unspecified atom stereocenters. The summed E-state index contributed by atoms with van der Waals surface area (Å²) in [6, 6.07) is 7.15. The SMILES string of the molecule is C.Nc1ccccc1C1=CC=CCC1(O)O. The molecule has 1 aromatic carbocycles. The van der Waals surface area contributed by atoms with Crippen LogP contribution in [-0.4, -0.2) is 16.0 Å². The van der Waals surface area contributed by atoms with Crippen LogP contribution in [0.1, 0.15) is 19.4 Å². The molecular formula is C13H17NO2. The van der Waals surface area contributed by atoms with E-state index in [9.17, 15) is 10.2 Å². The van der Waals surface area contributed by atoms with E-state index in [2.05, 4.69) is 0 Å². The molecule has 0 saturated carbocycles. The predicted molar refractivity (Wildman–Crippen MR) is 66.5 cm³/mol. The number of anilines is 1. The van der Waals surface area contributed by atoms with Gasteiger partial charge in [0.25, 0.3) is 0 Å². The molecule has 1 aliphatic rings. The molecule has 0 heterocycles. The fourth-order valence-corrected chi connectivity index (χ4v) is 1.69. The molecule has 4 N–H and O–H groups in total. The van der Waals surface area contributed by atoms with Gasteiger partial charge in [0.05, 0.1) is 0 Å². The van der Waals surface area contributed by atoms with E-state index in [1.165, 1.54) is 0 Å². The molecule has 0 saturated heterocycles. The van der Waals surface area contributed by atoms with Crippen LogP contribution < -0.4 is 5.73 Å². The van der Waals surface area contributed by atoms with E-state index in [1.807, 2.05) is 12.1 Å². The van der Waals surface area contributed by atoms with Gasteiger partial charge in [-0.25, -0.2) is 0 Å². The lowest BCUT2D eigenvalue weighted by Crippen LogP contribution is -2.30. The Hall–Kier alpha value is -1.58. The highest BCUT2D eigenvalue weighted by Crippen LogP contribution is 2.33. The Bertz CT molecular complexity index is 433. The third-order valence-electron chi connectivity index (χ3n) is 2.48. The van der Waals surface area contributed by atoms with Gasteiger partial charge in [-0.3, -0.25) is 0 Å².